The monoisotopic (exact) mass is 490 g/mol. The van der Waals surface area contributed by atoms with Gasteiger partial charge in [0.05, 0.1) is 6.61 Å². The summed E-state index contributed by atoms with van der Waals surface area (Å²) in [6.45, 7) is 11.3. The van der Waals surface area contributed by atoms with Crippen LogP contribution in [0.2, 0.25) is 0 Å². The highest BCUT2D eigenvalue weighted by Crippen LogP contribution is 2.49. The van der Waals surface area contributed by atoms with E-state index in [4.69, 9.17) is 4.74 Å². The van der Waals surface area contributed by atoms with Crippen LogP contribution in [0, 0.1) is 0 Å². The fraction of sp³-hybridized carbons (Fsp3) is 0.429. The van der Waals surface area contributed by atoms with Gasteiger partial charge in [-0.1, -0.05) is 12.1 Å². The lowest BCUT2D eigenvalue weighted by atomic mass is 9.81. The maximum Gasteiger partial charge on any atom is 0.328 e. The Bertz CT molecular complexity index is 1340. The molecule has 0 bridgehead atoms. The summed E-state index contributed by atoms with van der Waals surface area (Å²) in [6, 6.07) is 11.9. The van der Waals surface area contributed by atoms with E-state index in [0.717, 1.165) is 33.5 Å². The number of aromatic nitrogens is 1. The van der Waals surface area contributed by atoms with Gasteiger partial charge in [0.25, 0.3) is 5.91 Å². The number of urea groups is 1. The lowest BCUT2D eigenvalue weighted by molar-refractivity contribution is -0.133. The molecule has 0 aliphatic carbocycles. The summed E-state index contributed by atoms with van der Waals surface area (Å²) in [5.41, 5.74) is 2.34. The molecule has 2 aliphatic rings. The number of nitrogens with zero attached hydrogens (tertiary/aromatic N) is 2. The first kappa shape index (κ1) is 24.2. The first-order valence-electron chi connectivity index (χ1n) is 12.5. The van der Waals surface area contributed by atoms with Crippen LogP contribution in [0.25, 0.3) is 10.9 Å². The standard InChI is InChI=1S/C28H34N4O4/c1-6-36-19-10-11-22-20(15-19)21-16-28(5)25(34)31(13-12-29-27(2,3)4)26(35)32(28)24(23(21)30-22)17-8-7-9-18(33)14-17/h7-11,14-15,24,29-30,33H,6,12-13,16H2,1-5H3. The minimum absolute atomic E-state index is 0.111. The first-order chi connectivity index (χ1) is 17.0. The normalized spacial score (nSPS) is 21.8. The van der Waals surface area contributed by atoms with E-state index < -0.39 is 11.6 Å². The highest BCUT2D eigenvalue weighted by molar-refractivity contribution is 6.08. The van der Waals surface area contributed by atoms with Gasteiger partial charge in [-0.2, -0.15) is 0 Å². The number of aromatic amines is 1. The minimum atomic E-state index is -1.06. The maximum atomic E-state index is 13.9. The van der Waals surface area contributed by atoms with E-state index >= 15 is 0 Å². The zero-order chi connectivity index (χ0) is 25.8. The third kappa shape index (κ3) is 3.89. The van der Waals surface area contributed by atoms with Crippen LogP contribution in [-0.2, 0) is 11.2 Å². The number of carbonyl (C=O) groups is 2. The van der Waals surface area contributed by atoms with Crippen LogP contribution in [0.15, 0.2) is 42.5 Å². The van der Waals surface area contributed by atoms with Gasteiger partial charge in [0.15, 0.2) is 0 Å². The molecule has 3 N–H and O–H groups in total. The summed E-state index contributed by atoms with van der Waals surface area (Å²) in [4.78, 5) is 34.3. The summed E-state index contributed by atoms with van der Waals surface area (Å²) < 4.78 is 5.75. The second-order valence-electron chi connectivity index (χ2n) is 10.9. The van der Waals surface area contributed by atoms with Crippen LogP contribution in [0.1, 0.15) is 57.5 Å². The molecule has 2 unspecified atom stereocenters. The Hall–Kier alpha value is -3.52. The summed E-state index contributed by atoms with van der Waals surface area (Å²) in [5, 5.41) is 14.6. The Morgan fingerprint density at radius 3 is 2.67 bits per heavy atom. The number of imide groups is 1. The number of rotatable bonds is 6. The number of benzene rings is 2. The van der Waals surface area contributed by atoms with Crippen molar-refractivity contribution in [3.05, 3.63) is 59.3 Å². The molecule has 36 heavy (non-hydrogen) atoms. The van der Waals surface area contributed by atoms with Gasteiger partial charge < -0.3 is 20.1 Å². The van der Waals surface area contributed by atoms with Gasteiger partial charge in [-0.3, -0.25) is 14.6 Å². The van der Waals surface area contributed by atoms with Crippen molar-refractivity contribution in [3.8, 4) is 11.5 Å². The molecule has 0 saturated carbocycles. The summed E-state index contributed by atoms with van der Waals surface area (Å²) in [7, 11) is 0. The van der Waals surface area contributed by atoms with E-state index in [1.54, 1.807) is 23.1 Å². The third-order valence-electron chi connectivity index (χ3n) is 7.13. The van der Waals surface area contributed by atoms with Crippen molar-refractivity contribution in [1.82, 2.24) is 20.1 Å². The van der Waals surface area contributed by atoms with Gasteiger partial charge in [-0.15, -0.1) is 0 Å². The van der Waals surface area contributed by atoms with Crippen LogP contribution in [0.4, 0.5) is 4.79 Å². The molecule has 2 aliphatic heterocycles. The second kappa shape index (κ2) is 8.55. The number of ether oxygens (including phenoxy) is 1. The molecular weight excluding hydrogens is 456 g/mol. The van der Waals surface area contributed by atoms with Crippen LogP contribution >= 0.6 is 0 Å². The number of nitrogens with one attached hydrogen (secondary N) is 2. The van der Waals surface area contributed by atoms with Gasteiger partial charge in [0, 0.05) is 41.6 Å². The quantitative estimate of drug-likeness (QED) is 0.447. The molecule has 2 aromatic carbocycles. The Morgan fingerprint density at radius 2 is 1.97 bits per heavy atom. The van der Waals surface area contributed by atoms with Gasteiger partial charge in [-0.05, 0) is 76.1 Å². The Kier molecular flexibility index (Phi) is 5.75. The Balaban J connectivity index is 1.63. The number of amides is 3. The van der Waals surface area contributed by atoms with Gasteiger partial charge >= 0.3 is 6.03 Å². The molecule has 3 heterocycles. The maximum absolute atomic E-state index is 13.9. The number of phenols is 1. The predicted octanol–water partition coefficient (Wildman–Crippen LogP) is 4.33. The van der Waals surface area contributed by atoms with Crippen molar-refractivity contribution in [2.75, 3.05) is 19.7 Å². The Labute approximate surface area is 211 Å². The molecule has 1 aromatic heterocycles. The number of phenolic OH excluding ortho intramolecular Hbond substituents is 1. The second-order valence-corrected chi connectivity index (χ2v) is 10.9. The van der Waals surface area contributed by atoms with Crippen molar-refractivity contribution in [2.24, 2.45) is 0 Å². The zero-order valence-electron chi connectivity index (χ0n) is 21.5. The molecule has 8 heteroatoms. The highest BCUT2D eigenvalue weighted by Gasteiger charge is 2.60. The van der Waals surface area contributed by atoms with Gasteiger partial charge in [0.2, 0.25) is 0 Å². The molecule has 8 nitrogen and oxygen atoms in total. The molecule has 1 saturated heterocycles. The molecular formula is C28H34N4O4. The van der Waals surface area contributed by atoms with Crippen LogP contribution in [-0.4, -0.2) is 62.6 Å². The number of aromatic hydroxyl groups is 1. The predicted molar refractivity (Wildman–Crippen MR) is 138 cm³/mol. The van der Waals surface area contributed by atoms with Crippen molar-refractivity contribution >= 4 is 22.8 Å². The van der Waals surface area contributed by atoms with Gasteiger partial charge in [0.1, 0.15) is 23.1 Å². The molecule has 0 radical (unpaired) electrons. The van der Waals surface area contributed by atoms with Crippen LogP contribution in [0.5, 0.6) is 11.5 Å². The van der Waals surface area contributed by atoms with E-state index in [2.05, 4.69) is 31.1 Å². The molecule has 3 amide bonds. The molecule has 0 spiro atoms. The SMILES string of the molecule is CCOc1ccc2[nH]c3c(c2c1)CC1(C)C(=O)N(CCNC(C)(C)C)C(=O)N1C3c1cccc(O)c1. The molecule has 190 valence electrons. The fourth-order valence-electron chi connectivity index (χ4n) is 5.53. The van der Waals surface area contributed by atoms with Crippen molar-refractivity contribution in [3.63, 3.8) is 0 Å². The highest BCUT2D eigenvalue weighted by atomic mass is 16.5. The van der Waals surface area contributed by atoms with Crippen molar-refractivity contribution in [2.45, 2.75) is 58.2 Å². The number of hydrogen-bond donors (Lipinski definition) is 3. The topological polar surface area (TPSA) is 97.9 Å². The van der Waals surface area contributed by atoms with Crippen LogP contribution < -0.4 is 10.1 Å². The van der Waals surface area contributed by atoms with Gasteiger partial charge in [-0.25, -0.2) is 4.79 Å². The number of carbonyl (C=O) groups excluding carboxylic acids is 2. The van der Waals surface area contributed by atoms with E-state index in [0.29, 0.717) is 19.6 Å². The summed E-state index contributed by atoms with van der Waals surface area (Å²) >= 11 is 0. The van der Waals surface area contributed by atoms with E-state index in [-0.39, 0.29) is 29.8 Å². The molecule has 3 aromatic rings. The average Bonchev–Trinajstić information content (AvgIpc) is 3.25. The summed E-state index contributed by atoms with van der Waals surface area (Å²) in [6.07, 6.45) is 0.390. The number of H-pyrrole nitrogens is 1. The number of fused-ring (bicyclic) bond motifs is 4. The van der Waals surface area contributed by atoms with E-state index in [1.807, 2.05) is 38.1 Å². The largest absolute Gasteiger partial charge is 0.508 e. The third-order valence-corrected chi connectivity index (χ3v) is 7.13. The van der Waals surface area contributed by atoms with E-state index in [9.17, 15) is 14.7 Å². The van der Waals surface area contributed by atoms with Crippen molar-refractivity contribution in [1.29, 1.82) is 0 Å². The Morgan fingerprint density at radius 1 is 1.19 bits per heavy atom. The number of hydrogen-bond acceptors (Lipinski definition) is 5. The van der Waals surface area contributed by atoms with E-state index in [1.165, 1.54) is 4.90 Å². The zero-order valence-corrected chi connectivity index (χ0v) is 21.5. The first-order valence-corrected chi connectivity index (χ1v) is 12.5. The van der Waals surface area contributed by atoms with Crippen molar-refractivity contribution < 1.29 is 19.4 Å². The smallest absolute Gasteiger partial charge is 0.328 e. The lowest BCUT2D eigenvalue weighted by Crippen LogP contribution is -2.53. The average molecular weight is 491 g/mol. The summed E-state index contributed by atoms with van der Waals surface area (Å²) in [5.74, 6) is 0.673. The lowest BCUT2D eigenvalue weighted by Gasteiger charge is -2.42. The van der Waals surface area contributed by atoms with Crippen LogP contribution in [0.3, 0.4) is 0 Å². The fourth-order valence-corrected chi connectivity index (χ4v) is 5.53. The molecule has 1 fully saturated rings. The minimum Gasteiger partial charge on any atom is -0.508 e. The molecule has 5 rings (SSSR count). The molecule has 2 atom stereocenters.